The lowest BCUT2D eigenvalue weighted by atomic mass is 10.4. The predicted molar refractivity (Wildman–Crippen MR) is 39.7 cm³/mol. The van der Waals surface area contributed by atoms with Crippen LogP contribution < -0.4 is 0 Å². The van der Waals surface area contributed by atoms with Gasteiger partial charge in [-0.1, -0.05) is 0 Å². The van der Waals surface area contributed by atoms with Crippen LogP contribution in [-0.2, 0) is 14.3 Å². The van der Waals surface area contributed by atoms with E-state index in [0.29, 0.717) is 0 Å². The third kappa shape index (κ3) is 3.40. The Morgan fingerprint density at radius 3 is 2.30 bits per heavy atom. The fourth-order valence-corrected chi connectivity index (χ4v) is 0.819. The normalized spacial score (nSPS) is 10.9. The van der Waals surface area contributed by atoms with Gasteiger partial charge in [0.2, 0.25) is 0 Å². The molecule has 0 spiro atoms. The molecular formula is C6H7BrO3. The average Bonchev–Trinajstić information content (AvgIpc) is 1.85. The van der Waals surface area contributed by atoms with E-state index in [1.165, 1.54) is 14.0 Å². The Labute approximate surface area is 67.2 Å². The van der Waals surface area contributed by atoms with E-state index < -0.39 is 5.97 Å². The van der Waals surface area contributed by atoms with Crippen LogP contribution in [0.2, 0.25) is 0 Å². The van der Waals surface area contributed by atoms with Crippen molar-refractivity contribution in [3.8, 4) is 0 Å². The first-order chi connectivity index (χ1) is 4.57. The van der Waals surface area contributed by atoms with Crippen molar-refractivity contribution in [2.75, 3.05) is 7.11 Å². The summed E-state index contributed by atoms with van der Waals surface area (Å²) >= 11 is 2.87. The van der Waals surface area contributed by atoms with Crippen LogP contribution >= 0.6 is 15.9 Å². The first-order valence-electron chi connectivity index (χ1n) is 2.54. The van der Waals surface area contributed by atoms with Crippen molar-refractivity contribution < 1.29 is 14.3 Å². The molecule has 56 valence electrons. The Morgan fingerprint density at radius 1 is 1.50 bits per heavy atom. The molecule has 0 N–H and O–H groups in total. The van der Waals surface area contributed by atoms with Crippen LogP contribution in [0.1, 0.15) is 6.92 Å². The Kier molecular flexibility index (Phi) is 3.95. The van der Waals surface area contributed by atoms with Gasteiger partial charge in [-0.2, -0.15) is 0 Å². The van der Waals surface area contributed by atoms with Gasteiger partial charge in [0, 0.05) is 6.08 Å². The molecule has 0 radical (unpaired) electrons. The number of esters is 1. The number of halogens is 1. The van der Waals surface area contributed by atoms with Crippen LogP contribution in [0.25, 0.3) is 0 Å². The molecule has 0 aliphatic rings. The highest BCUT2D eigenvalue weighted by Crippen LogP contribution is 2.05. The summed E-state index contributed by atoms with van der Waals surface area (Å²) in [7, 11) is 1.25. The highest BCUT2D eigenvalue weighted by Gasteiger charge is 2.04. The molecule has 0 aliphatic carbocycles. The number of hydrogen-bond acceptors (Lipinski definition) is 3. The number of hydrogen-bond donors (Lipinski definition) is 0. The largest absolute Gasteiger partial charge is 0.465 e. The van der Waals surface area contributed by atoms with Crippen molar-refractivity contribution in [2.45, 2.75) is 6.92 Å². The van der Waals surface area contributed by atoms with E-state index in [1.807, 2.05) is 0 Å². The van der Waals surface area contributed by atoms with Crippen LogP contribution in [-0.4, -0.2) is 18.9 Å². The highest BCUT2D eigenvalue weighted by molar-refractivity contribution is 9.12. The zero-order valence-corrected chi connectivity index (χ0v) is 7.27. The number of methoxy groups -OCH3 is 1. The molecule has 0 heterocycles. The second-order valence-electron chi connectivity index (χ2n) is 1.59. The van der Waals surface area contributed by atoms with Gasteiger partial charge in [0.25, 0.3) is 0 Å². The Hall–Kier alpha value is -0.640. The smallest absolute Gasteiger partial charge is 0.345 e. The molecule has 0 amide bonds. The van der Waals surface area contributed by atoms with E-state index >= 15 is 0 Å². The van der Waals surface area contributed by atoms with Gasteiger partial charge < -0.3 is 4.74 Å². The summed E-state index contributed by atoms with van der Waals surface area (Å²) in [6, 6.07) is 0. The third-order valence-electron chi connectivity index (χ3n) is 0.710. The van der Waals surface area contributed by atoms with Crippen LogP contribution in [0, 0.1) is 0 Å². The van der Waals surface area contributed by atoms with Gasteiger partial charge in [0.1, 0.15) is 4.48 Å². The fourth-order valence-electron chi connectivity index (χ4n) is 0.335. The molecule has 3 nitrogen and oxygen atoms in total. The molecule has 0 rings (SSSR count). The summed E-state index contributed by atoms with van der Waals surface area (Å²) in [4.78, 5) is 20.9. The van der Waals surface area contributed by atoms with Crippen LogP contribution in [0.4, 0.5) is 0 Å². The number of carbonyl (C=O) groups excluding carboxylic acids is 2. The maximum absolute atomic E-state index is 10.6. The third-order valence-corrected chi connectivity index (χ3v) is 1.26. The highest BCUT2D eigenvalue weighted by atomic mass is 79.9. The fraction of sp³-hybridized carbons (Fsp3) is 0.333. The molecule has 0 atom stereocenters. The topological polar surface area (TPSA) is 43.4 Å². The molecule has 4 heteroatoms. The Morgan fingerprint density at radius 2 is 2.00 bits per heavy atom. The average molecular weight is 207 g/mol. The maximum atomic E-state index is 10.6. The van der Waals surface area contributed by atoms with Gasteiger partial charge in [-0.3, -0.25) is 4.79 Å². The number of ketones is 1. The summed E-state index contributed by atoms with van der Waals surface area (Å²) in [6.07, 6.45) is 1.16. The van der Waals surface area contributed by atoms with E-state index in [-0.39, 0.29) is 10.3 Å². The number of carbonyl (C=O) groups is 2. The molecule has 0 bridgehead atoms. The molecule has 10 heavy (non-hydrogen) atoms. The SMILES string of the molecule is COC(=O)C(Br)=CC(C)=O. The molecule has 0 fully saturated rings. The summed E-state index contributed by atoms with van der Waals surface area (Å²) < 4.78 is 4.45. The Bertz CT molecular complexity index is 183. The van der Waals surface area contributed by atoms with Crippen molar-refractivity contribution in [1.82, 2.24) is 0 Å². The van der Waals surface area contributed by atoms with Gasteiger partial charge in [0.15, 0.2) is 5.78 Å². The van der Waals surface area contributed by atoms with Crippen molar-refractivity contribution in [3.05, 3.63) is 10.6 Å². The Balaban J connectivity index is 4.19. The summed E-state index contributed by atoms with van der Waals surface area (Å²) in [6.45, 7) is 1.35. The second kappa shape index (κ2) is 4.22. The van der Waals surface area contributed by atoms with E-state index in [4.69, 9.17) is 0 Å². The minimum absolute atomic E-state index is 0.141. The second-order valence-corrected chi connectivity index (χ2v) is 2.45. The van der Waals surface area contributed by atoms with Crippen molar-refractivity contribution >= 4 is 27.7 Å². The molecule has 0 aromatic carbocycles. The van der Waals surface area contributed by atoms with Gasteiger partial charge in [-0.05, 0) is 22.9 Å². The zero-order valence-electron chi connectivity index (χ0n) is 5.68. The van der Waals surface area contributed by atoms with E-state index in [9.17, 15) is 9.59 Å². The van der Waals surface area contributed by atoms with Crippen LogP contribution in [0.3, 0.4) is 0 Å². The first kappa shape index (κ1) is 9.36. The molecule has 0 unspecified atom stereocenters. The quantitative estimate of drug-likeness (QED) is 0.501. The van der Waals surface area contributed by atoms with Crippen molar-refractivity contribution in [1.29, 1.82) is 0 Å². The zero-order chi connectivity index (χ0) is 8.15. The van der Waals surface area contributed by atoms with Gasteiger partial charge >= 0.3 is 5.97 Å². The van der Waals surface area contributed by atoms with Gasteiger partial charge in [0.05, 0.1) is 7.11 Å². The van der Waals surface area contributed by atoms with Crippen LogP contribution in [0.5, 0.6) is 0 Å². The molecule has 0 aromatic heterocycles. The minimum Gasteiger partial charge on any atom is -0.465 e. The lowest BCUT2D eigenvalue weighted by Gasteiger charge is -1.93. The first-order valence-corrected chi connectivity index (χ1v) is 3.33. The van der Waals surface area contributed by atoms with E-state index in [2.05, 4.69) is 20.7 Å². The van der Waals surface area contributed by atoms with Crippen molar-refractivity contribution in [3.63, 3.8) is 0 Å². The minimum atomic E-state index is -0.546. The van der Waals surface area contributed by atoms with E-state index in [0.717, 1.165) is 6.08 Å². The molecule has 0 saturated heterocycles. The molecule has 0 aliphatic heterocycles. The number of rotatable bonds is 2. The summed E-state index contributed by atoms with van der Waals surface area (Å²) in [5.41, 5.74) is 0. The lowest BCUT2D eigenvalue weighted by Crippen LogP contribution is -2.00. The standard InChI is InChI=1S/C6H7BrO3/c1-4(8)3-5(7)6(9)10-2/h3H,1-2H3. The molecule has 0 aromatic rings. The lowest BCUT2D eigenvalue weighted by molar-refractivity contribution is -0.135. The number of allylic oxidation sites excluding steroid dienone is 1. The van der Waals surface area contributed by atoms with Crippen LogP contribution in [0.15, 0.2) is 10.6 Å². The molecule has 0 saturated carbocycles. The molecular weight excluding hydrogens is 200 g/mol. The van der Waals surface area contributed by atoms with Crippen molar-refractivity contribution in [2.24, 2.45) is 0 Å². The van der Waals surface area contributed by atoms with Gasteiger partial charge in [-0.15, -0.1) is 0 Å². The monoisotopic (exact) mass is 206 g/mol. The predicted octanol–water partition coefficient (Wildman–Crippen LogP) is 1.03. The number of ether oxygens (including phenoxy) is 1. The van der Waals surface area contributed by atoms with Gasteiger partial charge in [-0.25, -0.2) is 4.79 Å². The summed E-state index contributed by atoms with van der Waals surface area (Å²) in [5.74, 6) is -0.743. The van der Waals surface area contributed by atoms with E-state index in [1.54, 1.807) is 0 Å². The maximum Gasteiger partial charge on any atom is 0.345 e. The summed E-state index contributed by atoms with van der Waals surface area (Å²) in [5, 5.41) is 0.